The smallest absolute Gasteiger partial charge is 0.272 e. The lowest BCUT2D eigenvalue weighted by atomic mass is 10.1. The summed E-state index contributed by atoms with van der Waals surface area (Å²) in [5.74, 6) is -0.0264. The zero-order valence-corrected chi connectivity index (χ0v) is 29.0. The number of hydrogen-bond acceptors (Lipinski definition) is 7. The van der Waals surface area contributed by atoms with E-state index in [0.717, 1.165) is 21.7 Å². The number of ether oxygens (including phenoxy) is 2. The molecule has 3 N–H and O–H groups in total. The van der Waals surface area contributed by atoms with E-state index < -0.39 is 17.1 Å². The van der Waals surface area contributed by atoms with Crippen molar-refractivity contribution >= 4 is 52.6 Å². The Morgan fingerprint density at radius 1 is 0.740 bits per heavy atom. The first kappa shape index (κ1) is 35.3. The maximum atomic E-state index is 13.7. The van der Waals surface area contributed by atoms with Gasteiger partial charge in [0.1, 0.15) is 22.4 Å². The van der Waals surface area contributed by atoms with Gasteiger partial charge in [0, 0.05) is 42.0 Å². The standard InChI is InChI=1S/C40H38N4O5S/c1-44(2)31-19-15-27(16-20-31)25-35(43-38(45)29-13-9-6-10-14-29)39(46)41-30-17-22-33(23-18-30)50-37(28-11-7-5-8-12-28)40(47)42-34-24-21-32(48-3)26-36(34)49-4/h5-26,37H,1-4H3,(H,41,46)(H,42,47)(H,43,45)/b35-25-. The molecule has 10 heteroatoms. The fourth-order valence-corrected chi connectivity index (χ4v) is 5.95. The summed E-state index contributed by atoms with van der Waals surface area (Å²) in [7, 11) is 7.00. The molecule has 0 aliphatic heterocycles. The predicted molar refractivity (Wildman–Crippen MR) is 201 cm³/mol. The summed E-state index contributed by atoms with van der Waals surface area (Å²) >= 11 is 1.37. The molecule has 3 amide bonds. The number of rotatable bonds is 13. The van der Waals surface area contributed by atoms with E-state index in [4.69, 9.17) is 9.47 Å². The number of methoxy groups -OCH3 is 2. The zero-order valence-electron chi connectivity index (χ0n) is 28.2. The van der Waals surface area contributed by atoms with Crippen LogP contribution in [0.5, 0.6) is 11.5 Å². The van der Waals surface area contributed by atoms with Crippen molar-refractivity contribution in [2.75, 3.05) is 43.8 Å². The zero-order chi connectivity index (χ0) is 35.5. The van der Waals surface area contributed by atoms with Gasteiger partial charge in [0.15, 0.2) is 0 Å². The SMILES string of the molecule is COc1ccc(NC(=O)C(Sc2ccc(NC(=O)/C(=C/c3ccc(N(C)C)cc3)NC(=O)c3ccccc3)cc2)c2ccccc2)c(OC)c1. The molecule has 1 unspecified atom stereocenters. The summed E-state index contributed by atoms with van der Waals surface area (Å²) in [6.07, 6.45) is 1.64. The van der Waals surface area contributed by atoms with Crippen LogP contribution in [-0.4, -0.2) is 46.0 Å². The van der Waals surface area contributed by atoms with Crippen molar-refractivity contribution in [3.05, 3.63) is 150 Å². The number of thioether (sulfide) groups is 1. The normalized spacial score (nSPS) is 11.6. The van der Waals surface area contributed by atoms with Crippen molar-refractivity contribution in [3.8, 4) is 11.5 Å². The third kappa shape index (κ3) is 9.33. The van der Waals surface area contributed by atoms with Gasteiger partial charge in [-0.2, -0.15) is 0 Å². The van der Waals surface area contributed by atoms with Gasteiger partial charge in [-0.05, 0) is 77.9 Å². The summed E-state index contributed by atoms with van der Waals surface area (Å²) in [5, 5.41) is 8.08. The maximum Gasteiger partial charge on any atom is 0.272 e. The Hall–Kier alpha value is -6.00. The van der Waals surface area contributed by atoms with Crippen LogP contribution in [0.15, 0.2) is 138 Å². The topological polar surface area (TPSA) is 109 Å². The molecule has 5 rings (SSSR count). The Labute approximate surface area is 296 Å². The van der Waals surface area contributed by atoms with E-state index in [2.05, 4.69) is 16.0 Å². The largest absolute Gasteiger partial charge is 0.497 e. The second kappa shape index (κ2) is 16.9. The highest BCUT2D eigenvalue weighted by molar-refractivity contribution is 8.00. The number of amides is 3. The third-order valence-electron chi connectivity index (χ3n) is 7.62. The van der Waals surface area contributed by atoms with Crippen LogP contribution in [-0.2, 0) is 9.59 Å². The summed E-state index contributed by atoms with van der Waals surface area (Å²) in [6, 6.07) is 38.2. The second-order valence-electron chi connectivity index (χ2n) is 11.3. The molecule has 5 aromatic carbocycles. The summed E-state index contributed by atoms with van der Waals surface area (Å²) in [4.78, 5) is 43.1. The minimum absolute atomic E-state index is 0.0877. The summed E-state index contributed by atoms with van der Waals surface area (Å²) in [6.45, 7) is 0. The summed E-state index contributed by atoms with van der Waals surface area (Å²) < 4.78 is 10.8. The number of anilines is 3. The third-order valence-corrected chi connectivity index (χ3v) is 8.89. The lowest BCUT2D eigenvalue weighted by Gasteiger charge is -2.19. The molecule has 0 saturated carbocycles. The van der Waals surface area contributed by atoms with E-state index in [9.17, 15) is 14.4 Å². The van der Waals surface area contributed by atoms with Gasteiger partial charge in [-0.1, -0.05) is 60.7 Å². The van der Waals surface area contributed by atoms with Gasteiger partial charge in [0.25, 0.3) is 11.8 Å². The van der Waals surface area contributed by atoms with E-state index >= 15 is 0 Å². The lowest BCUT2D eigenvalue weighted by molar-refractivity contribution is -0.116. The van der Waals surface area contributed by atoms with Crippen molar-refractivity contribution in [2.45, 2.75) is 10.1 Å². The van der Waals surface area contributed by atoms with Crippen molar-refractivity contribution in [2.24, 2.45) is 0 Å². The first-order chi connectivity index (χ1) is 24.2. The number of nitrogens with zero attached hydrogens (tertiary/aromatic N) is 1. The van der Waals surface area contributed by atoms with E-state index in [-0.39, 0.29) is 11.6 Å². The Kier molecular flexibility index (Phi) is 11.9. The summed E-state index contributed by atoms with van der Waals surface area (Å²) in [5.41, 5.74) is 4.14. The van der Waals surface area contributed by atoms with Gasteiger partial charge < -0.3 is 30.3 Å². The van der Waals surface area contributed by atoms with Gasteiger partial charge in [-0.25, -0.2) is 0 Å². The highest BCUT2D eigenvalue weighted by Crippen LogP contribution is 2.38. The molecule has 0 spiro atoms. The average Bonchev–Trinajstić information content (AvgIpc) is 3.15. The monoisotopic (exact) mass is 686 g/mol. The molecule has 0 bridgehead atoms. The van der Waals surface area contributed by atoms with Gasteiger partial charge in [-0.3, -0.25) is 14.4 Å². The number of carbonyl (C=O) groups is 3. The number of hydrogen-bond donors (Lipinski definition) is 3. The van der Waals surface area contributed by atoms with Crippen molar-refractivity contribution in [3.63, 3.8) is 0 Å². The van der Waals surface area contributed by atoms with Crippen LogP contribution >= 0.6 is 11.8 Å². The minimum atomic E-state index is -0.593. The quantitative estimate of drug-likeness (QED) is 0.0863. The molecule has 0 aliphatic rings. The Balaban J connectivity index is 1.34. The molecular formula is C40H38N4O5S. The van der Waals surface area contributed by atoms with E-state index in [1.54, 1.807) is 67.8 Å². The van der Waals surface area contributed by atoms with Crippen LogP contribution in [0, 0.1) is 0 Å². The van der Waals surface area contributed by atoms with Gasteiger partial charge in [0.2, 0.25) is 5.91 Å². The van der Waals surface area contributed by atoms with Crippen molar-refractivity contribution < 1.29 is 23.9 Å². The van der Waals surface area contributed by atoms with Crippen LogP contribution in [0.2, 0.25) is 0 Å². The number of benzene rings is 5. The van der Waals surface area contributed by atoms with Crippen molar-refractivity contribution in [1.82, 2.24) is 5.32 Å². The van der Waals surface area contributed by atoms with Gasteiger partial charge in [0.05, 0.1) is 19.9 Å². The predicted octanol–water partition coefficient (Wildman–Crippen LogP) is 7.65. The first-order valence-corrected chi connectivity index (χ1v) is 16.6. The molecule has 0 saturated heterocycles. The molecule has 0 heterocycles. The fraction of sp³-hybridized carbons (Fsp3) is 0.125. The molecule has 9 nitrogen and oxygen atoms in total. The van der Waals surface area contributed by atoms with E-state index in [1.165, 1.54) is 18.9 Å². The number of nitrogens with one attached hydrogen (secondary N) is 3. The molecule has 254 valence electrons. The maximum absolute atomic E-state index is 13.7. The highest BCUT2D eigenvalue weighted by atomic mass is 32.2. The van der Waals surface area contributed by atoms with Crippen LogP contribution in [0.25, 0.3) is 6.08 Å². The average molecular weight is 687 g/mol. The van der Waals surface area contributed by atoms with Crippen LogP contribution < -0.4 is 30.3 Å². The number of carbonyl (C=O) groups excluding carboxylic acids is 3. The Morgan fingerprint density at radius 3 is 2.02 bits per heavy atom. The Morgan fingerprint density at radius 2 is 1.40 bits per heavy atom. The molecule has 50 heavy (non-hydrogen) atoms. The fourth-order valence-electron chi connectivity index (χ4n) is 4.93. The molecule has 5 aromatic rings. The first-order valence-electron chi connectivity index (χ1n) is 15.8. The van der Waals surface area contributed by atoms with Crippen LogP contribution in [0.1, 0.15) is 26.7 Å². The lowest BCUT2D eigenvalue weighted by Crippen LogP contribution is -2.30. The molecular weight excluding hydrogens is 649 g/mol. The van der Waals surface area contributed by atoms with E-state index in [1.807, 2.05) is 91.8 Å². The molecule has 1 atom stereocenters. The van der Waals surface area contributed by atoms with Gasteiger partial charge >= 0.3 is 0 Å². The molecule has 0 aromatic heterocycles. The molecule has 0 fully saturated rings. The Bertz CT molecular complexity index is 1950. The van der Waals surface area contributed by atoms with Gasteiger partial charge in [-0.15, -0.1) is 11.8 Å². The minimum Gasteiger partial charge on any atom is -0.497 e. The van der Waals surface area contributed by atoms with E-state index in [0.29, 0.717) is 28.4 Å². The highest BCUT2D eigenvalue weighted by Gasteiger charge is 2.24. The van der Waals surface area contributed by atoms with Crippen LogP contribution in [0.3, 0.4) is 0 Å². The van der Waals surface area contributed by atoms with Crippen molar-refractivity contribution in [1.29, 1.82) is 0 Å². The second-order valence-corrected chi connectivity index (χ2v) is 12.5. The van der Waals surface area contributed by atoms with Crippen LogP contribution in [0.4, 0.5) is 17.1 Å². The molecule has 0 aliphatic carbocycles. The molecule has 0 radical (unpaired) electrons.